The number of nitrogens with zero attached hydrogens (tertiary/aromatic N) is 3. The van der Waals surface area contributed by atoms with E-state index in [1.807, 2.05) is 35.6 Å². The third-order valence-electron chi connectivity index (χ3n) is 5.34. The Labute approximate surface area is 179 Å². The summed E-state index contributed by atoms with van der Waals surface area (Å²) in [5.74, 6) is 1.24. The Balaban J connectivity index is 1.47. The van der Waals surface area contributed by atoms with Gasteiger partial charge < -0.3 is 9.88 Å². The van der Waals surface area contributed by atoms with Crippen LogP contribution in [0.2, 0.25) is 0 Å². The van der Waals surface area contributed by atoms with Crippen molar-refractivity contribution in [2.75, 3.05) is 11.1 Å². The normalized spacial score (nSPS) is 13.3. The van der Waals surface area contributed by atoms with Crippen molar-refractivity contribution in [1.29, 1.82) is 0 Å². The highest BCUT2D eigenvalue weighted by Crippen LogP contribution is 2.36. The Morgan fingerprint density at radius 1 is 1.21 bits per heavy atom. The van der Waals surface area contributed by atoms with E-state index >= 15 is 0 Å². The van der Waals surface area contributed by atoms with Gasteiger partial charge in [0, 0.05) is 28.1 Å². The molecule has 2 heterocycles. The Hall–Kier alpha value is -2.12. The Bertz CT molecular complexity index is 1010. The number of thioether (sulfide) groups is 1. The Kier molecular flexibility index (Phi) is 6.35. The van der Waals surface area contributed by atoms with Crippen LogP contribution in [0.5, 0.6) is 0 Å². The van der Waals surface area contributed by atoms with Crippen molar-refractivity contribution in [2.45, 2.75) is 57.7 Å². The molecule has 0 saturated carbocycles. The lowest BCUT2D eigenvalue weighted by Crippen LogP contribution is -2.15. The quantitative estimate of drug-likeness (QED) is 0.528. The number of aromatic nitrogens is 3. The SMILES string of the molecule is CCc1ccccc1NC(=O)CSc1nnc(-c2csc3c2CCCC3)n1CC. The average molecular weight is 427 g/mol. The van der Waals surface area contributed by atoms with Crippen LogP contribution in [0.3, 0.4) is 0 Å². The number of benzene rings is 1. The molecular weight excluding hydrogens is 400 g/mol. The number of rotatable bonds is 7. The number of hydrogen-bond acceptors (Lipinski definition) is 5. The summed E-state index contributed by atoms with van der Waals surface area (Å²) >= 11 is 3.29. The molecule has 1 aliphatic carbocycles. The van der Waals surface area contributed by atoms with Gasteiger partial charge in [-0.1, -0.05) is 36.9 Å². The van der Waals surface area contributed by atoms with Crippen LogP contribution in [0.25, 0.3) is 11.4 Å². The monoisotopic (exact) mass is 426 g/mol. The molecule has 4 rings (SSSR count). The molecule has 0 radical (unpaired) electrons. The fraction of sp³-hybridized carbons (Fsp3) is 0.409. The van der Waals surface area contributed by atoms with Crippen molar-refractivity contribution < 1.29 is 4.79 Å². The number of carbonyl (C=O) groups excluding carboxylic acids is 1. The second-order valence-corrected chi connectivity index (χ2v) is 9.06. The van der Waals surface area contributed by atoms with Gasteiger partial charge in [0.2, 0.25) is 5.91 Å². The summed E-state index contributed by atoms with van der Waals surface area (Å²) < 4.78 is 2.13. The predicted molar refractivity (Wildman–Crippen MR) is 121 cm³/mol. The molecule has 0 spiro atoms. The van der Waals surface area contributed by atoms with E-state index in [4.69, 9.17) is 0 Å². The van der Waals surface area contributed by atoms with Crippen molar-refractivity contribution in [3.63, 3.8) is 0 Å². The summed E-state index contributed by atoms with van der Waals surface area (Å²) in [5, 5.41) is 15.0. The zero-order valence-electron chi connectivity index (χ0n) is 16.9. The van der Waals surface area contributed by atoms with E-state index in [1.54, 1.807) is 0 Å². The number of carbonyl (C=O) groups is 1. The van der Waals surface area contributed by atoms with Crippen molar-refractivity contribution in [2.24, 2.45) is 0 Å². The van der Waals surface area contributed by atoms with Gasteiger partial charge in [0.05, 0.1) is 5.75 Å². The molecule has 0 atom stereocenters. The zero-order chi connectivity index (χ0) is 20.2. The summed E-state index contributed by atoms with van der Waals surface area (Å²) in [4.78, 5) is 14.0. The summed E-state index contributed by atoms with van der Waals surface area (Å²) in [6.07, 6.45) is 5.73. The standard InChI is InChI=1S/C22H26N4OS2/c1-3-15-9-5-7-11-18(15)23-20(27)14-29-22-25-24-21(26(22)4-2)17-13-28-19-12-8-6-10-16(17)19/h5,7,9,11,13H,3-4,6,8,10,12,14H2,1-2H3,(H,23,27). The van der Waals surface area contributed by atoms with Crippen LogP contribution in [0.4, 0.5) is 5.69 Å². The van der Waals surface area contributed by atoms with Gasteiger partial charge in [-0.2, -0.15) is 0 Å². The number of hydrogen-bond donors (Lipinski definition) is 1. The van der Waals surface area contributed by atoms with Crippen LogP contribution in [-0.4, -0.2) is 26.4 Å². The molecule has 0 fully saturated rings. The molecule has 0 bridgehead atoms. The molecule has 1 aromatic carbocycles. The smallest absolute Gasteiger partial charge is 0.234 e. The van der Waals surface area contributed by atoms with Crippen molar-refractivity contribution in [3.8, 4) is 11.4 Å². The number of anilines is 1. The number of fused-ring (bicyclic) bond motifs is 1. The fourth-order valence-electron chi connectivity index (χ4n) is 3.83. The van der Waals surface area contributed by atoms with E-state index in [2.05, 4.69) is 39.3 Å². The number of thiophene rings is 1. The van der Waals surface area contributed by atoms with Gasteiger partial charge >= 0.3 is 0 Å². The van der Waals surface area contributed by atoms with Crippen LogP contribution < -0.4 is 5.32 Å². The molecule has 0 unspecified atom stereocenters. The van der Waals surface area contributed by atoms with Crippen LogP contribution in [0.15, 0.2) is 34.8 Å². The number of para-hydroxylation sites is 1. The van der Waals surface area contributed by atoms with E-state index in [-0.39, 0.29) is 5.91 Å². The summed E-state index contributed by atoms with van der Waals surface area (Å²) in [5.41, 5.74) is 4.72. The zero-order valence-corrected chi connectivity index (χ0v) is 18.5. The van der Waals surface area contributed by atoms with Crippen molar-refractivity contribution in [1.82, 2.24) is 14.8 Å². The lowest BCUT2D eigenvalue weighted by Gasteiger charge is -2.13. The summed E-state index contributed by atoms with van der Waals surface area (Å²) in [6.45, 7) is 4.98. The predicted octanol–water partition coefficient (Wildman–Crippen LogP) is 5.20. The maximum Gasteiger partial charge on any atom is 0.234 e. The topological polar surface area (TPSA) is 59.8 Å². The van der Waals surface area contributed by atoms with Crippen LogP contribution in [0, 0.1) is 0 Å². The van der Waals surface area contributed by atoms with E-state index in [0.29, 0.717) is 5.75 Å². The summed E-state index contributed by atoms with van der Waals surface area (Å²) in [6, 6.07) is 7.94. The molecule has 7 heteroatoms. The minimum Gasteiger partial charge on any atom is -0.325 e. The first-order valence-electron chi connectivity index (χ1n) is 10.2. The van der Waals surface area contributed by atoms with Gasteiger partial charge in [-0.25, -0.2) is 0 Å². The van der Waals surface area contributed by atoms with Gasteiger partial charge in [-0.3, -0.25) is 4.79 Å². The van der Waals surface area contributed by atoms with Crippen molar-refractivity contribution >= 4 is 34.7 Å². The fourth-order valence-corrected chi connectivity index (χ4v) is 5.75. The van der Waals surface area contributed by atoms with Crippen molar-refractivity contribution in [3.05, 3.63) is 45.6 Å². The Morgan fingerprint density at radius 3 is 2.86 bits per heavy atom. The van der Waals surface area contributed by atoms with Gasteiger partial charge in [-0.15, -0.1) is 21.5 Å². The number of nitrogens with one attached hydrogen (secondary N) is 1. The maximum absolute atomic E-state index is 12.5. The van der Waals surface area contributed by atoms with Crippen LogP contribution in [0.1, 0.15) is 42.7 Å². The highest BCUT2D eigenvalue weighted by molar-refractivity contribution is 7.99. The second-order valence-electron chi connectivity index (χ2n) is 7.16. The van der Waals surface area contributed by atoms with Crippen LogP contribution >= 0.6 is 23.1 Å². The molecule has 0 aliphatic heterocycles. The molecule has 3 aromatic rings. The first-order valence-corrected chi connectivity index (χ1v) is 12.1. The first-order chi connectivity index (χ1) is 14.2. The van der Waals surface area contributed by atoms with Crippen LogP contribution in [-0.2, 0) is 30.6 Å². The highest BCUT2D eigenvalue weighted by Gasteiger charge is 2.22. The van der Waals surface area contributed by atoms with E-state index in [1.165, 1.54) is 47.0 Å². The largest absolute Gasteiger partial charge is 0.325 e. The minimum absolute atomic E-state index is 0.0176. The molecule has 5 nitrogen and oxygen atoms in total. The highest BCUT2D eigenvalue weighted by atomic mass is 32.2. The number of amides is 1. The third-order valence-corrected chi connectivity index (χ3v) is 7.40. The first kappa shape index (κ1) is 20.2. The molecular formula is C22H26N4OS2. The van der Waals surface area contributed by atoms with E-state index < -0.39 is 0 Å². The lowest BCUT2D eigenvalue weighted by atomic mass is 9.96. The van der Waals surface area contributed by atoms with Gasteiger partial charge in [-0.05, 0) is 56.2 Å². The molecule has 152 valence electrons. The number of aryl methyl sites for hydroxylation is 2. The summed E-state index contributed by atoms with van der Waals surface area (Å²) in [7, 11) is 0. The van der Waals surface area contributed by atoms with Gasteiger partial charge in [0.1, 0.15) is 0 Å². The molecule has 0 saturated heterocycles. The Morgan fingerprint density at radius 2 is 2.03 bits per heavy atom. The lowest BCUT2D eigenvalue weighted by molar-refractivity contribution is -0.113. The molecule has 1 amide bonds. The second kappa shape index (κ2) is 9.13. The molecule has 2 aromatic heterocycles. The maximum atomic E-state index is 12.5. The average Bonchev–Trinajstić information content (AvgIpc) is 3.36. The third kappa shape index (κ3) is 4.26. The minimum atomic E-state index is -0.0176. The molecule has 1 N–H and O–H groups in total. The van der Waals surface area contributed by atoms with E-state index in [0.717, 1.165) is 41.6 Å². The molecule has 29 heavy (non-hydrogen) atoms. The van der Waals surface area contributed by atoms with Gasteiger partial charge in [0.25, 0.3) is 0 Å². The van der Waals surface area contributed by atoms with E-state index in [9.17, 15) is 4.79 Å². The molecule has 1 aliphatic rings. The van der Waals surface area contributed by atoms with Gasteiger partial charge in [0.15, 0.2) is 11.0 Å².